The topological polar surface area (TPSA) is 125 Å². The van der Waals surface area contributed by atoms with E-state index in [1.807, 2.05) is 19.6 Å². The number of amides is 2. The molecule has 0 radical (unpaired) electrons. The number of carbonyl (C=O) groups is 2. The van der Waals surface area contributed by atoms with Gasteiger partial charge in [-0.2, -0.15) is 4.90 Å². The maximum Gasteiger partial charge on any atom is 0.425 e. The Morgan fingerprint density at radius 1 is 1.20 bits per heavy atom. The van der Waals surface area contributed by atoms with Gasteiger partial charge in [0.05, 0.1) is 11.9 Å². The quantitative estimate of drug-likeness (QED) is 0.445. The molecule has 10 heteroatoms. The van der Waals surface area contributed by atoms with Crippen LogP contribution in [0.15, 0.2) is 23.1 Å². The fourth-order valence-corrected chi connectivity index (χ4v) is 4.31. The molecule has 2 aromatic rings. The molecule has 186 valence electrons. The van der Waals surface area contributed by atoms with E-state index in [1.54, 1.807) is 26.8 Å². The van der Waals surface area contributed by atoms with E-state index < -0.39 is 25.9 Å². The number of hydrogen-bond donors (Lipinski definition) is 2. The fourth-order valence-electron chi connectivity index (χ4n) is 3.82. The van der Waals surface area contributed by atoms with Crippen LogP contribution in [-0.4, -0.2) is 45.9 Å². The van der Waals surface area contributed by atoms with E-state index in [1.165, 1.54) is 12.3 Å². The first-order valence-corrected chi connectivity index (χ1v) is 15.1. The summed E-state index contributed by atoms with van der Waals surface area (Å²) in [6, 6.07) is 3.13. The van der Waals surface area contributed by atoms with Gasteiger partial charge < -0.3 is 14.8 Å². The minimum absolute atomic E-state index is 0.0572. The van der Waals surface area contributed by atoms with E-state index in [2.05, 4.69) is 26.4 Å². The van der Waals surface area contributed by atoms with Gasteiger partial charge in [0.1, 0.15) is 13.7 Å². The van der Waals surface area contributed by atoms with E-state index in [0.29, 0.717) is 16.2 Å². The van der Waals surface area contributed by atoms with Crippen LogP contribution in [0, 0.1) is 11.5 Å². The molecule has 0 aliphatic heterocycles. The van der Waals surface area contributed by atoms with Gasteiger partial charge in [-0.25, -0.2) is 19.6 Å². The average molecular weight is 497 g/mol. The molecule has 1 aliphatic carbocycles. The predicted molar refractivity (Wildman–Crippen MR) is 136 cm³/mol. The number of pyridine rings is 1. The van der Waals surface area contributed by atoms with Crippen LogP contribution in [0.5, 0.6) is 0 Å². The van der Waals surface area contributed by atoms with Gasteiger partial charge in [-0.1, -0.05) is 38.4 Å². The molecule has 0 saturated heterocycles. The molecule has 2 aromatic heterocycles. The SMILES string of the molecule is CC(C)(C)OC(=O)N(C(=O)O)c1ncc(-c2ccc(=O)[nH]c2C2CCCC2)nc1C#C[Si](C)(C)C. The molecule has 0 unspecified atom stereocenters. The minimum atomic E-state index is -1.89. The van der Waals surface area contributed by atoms with Crippen LogP contribution in [0.2, 0.25) is 19.6 Å². The van der Waals surface area contributed by atoms with Crippen molar-refractivity contribution in [2.75, 3.05) is 4.90 Å². The summed E-state index contributed by atoms with van der Waals surface area (Å²) in [6.45, 7) is 11.1. The number of rotatable bonds is 3. The molecule has 1 saturated carbocycles. The summed E-state index contributed by atoms with van der Waals surface area (Å²) in [5, 5.41) is 9.83. The second-order valence-corrected chi connectivity index (χ2v) is 15.4. The van der Waals surface area contributed by atoms with Crippen LogP contribution >= 0.6 is 0 Å². The lowest BCUT2D eigenvalue weighted by atomic mass is 9.97. The Balaban J connectivity index is 2.18. The summed E-state index contributed by atoms with van der Waals surface area (Å²) >= 11 is 0. The summed E-state index contributed by atoms with van der Waals surface area (Å²) in [6.07, 6.45) is 2.87. The lowest BCUT2D eigenvalue weighted by Crippen LogP contribution is -2.41. The molecule has 1 aliphatic rings. The second kappa shape index (κ2) is 10.0. The largest absolute Gasteiger partial charge is 0.464 e. The van der Waals surface area contributed by atoms with Gasteiger partial charge in [0.25, 0.3) is 0 Å². The van der Waals surface area contributed by atoms with Gasteiger partial charge in [-0.15, -0.1) is 5.54 Å². The third-order valence-corrected chi connectivity index (χ3v) is 6.15. The number of hydrogen-bond acceptors (Lipinski definition) is 6. The third kappa shape index (κ3) is 6.79. The molecular formula is C25H32N4O5Si. The van der Waals surface area contributed by atoms with Crippen LogP contribution in [0.1, 0.15) is 63.8 Å². The summed E-state index contributed by atoms with van der Waals surface area (Å²) in [7, 11) is -1.89. The lowest BCUT2D eigenvalue weighted by molar-refractivity contribution is 0.0580. The molecule has 9 nitrogen and oxygen atoms in total. The Morgan fingerprint density at radius 3 is 2.43 bits per heavy atom. The number of ether oxygens (including phenoxy) is 1. The number of aromatic amines is 1. The first-order valence-electron chi connectivity index (χ1n) is 11.6. The van der Waals surface area contributed by atoms with Crippen molar-refractivity contribution in [3.8, 4) is 22.7 Å². The highest BCUT2D eigenvalue weighted by atomic mass is 28.3. The van der Waals surface area contributed by atoms with Gasteiger partial charge in [0, 0.05) is 17.3 Å². The van der Waals surface area contributed by atoms with Crippen molar-refractivity contribution in [3.05, 3.63) is 40.1 Å². The summed E-state index contributed by atoms with van der Waals surface area (Å²) in [4.78, 5) is 49.3. The summed E-state index contributed by atoms with van der Waals surface area (Å²) < 4.78 is 5.29. The number of nitrogens with one attached hydrogen (secondary N) is 1. The number of imide groups is 1. The standard InChI is InChI=1S/C25H32N4O5Si/c1-25(2,3)34-24(33)29(23(31)32)22-18(13-14-35(4,5)6)27-19(15-26-22)17-11-12-20(30)28-21(17)16-9-7-8-10-16/h11-12,15-16H,7-10H2,1-6H3,(H,28,30)(H,31,32). The van der Waals surface area contributed by atoms with Gasteiger partial charge in [-0.05, 0) is 45.6 Å². The molecule has 35 heavy (non-hydrogen) atoms. The Bertz CT molecular complexity index is 1240. The van der Waals surface area contributed by atoms with Crippen LogP contribution in [0.4, 0.5) is 15.4 Å². The van der Waals surface area contributed by atoms with Gasteiger partial charge >= 0.3 is 12.2 Å². The number of carbonyl (C=O) groups excluding carboxylic acids is 1. The zero-order chi connectivity index (χ0) is 26.0. The number of carboxylic acid groups (broad SMARTS) is 1. The number of nitrogens with zero attached hydrogens (tertiary/aromatic N) is 3. The van der Waals surface area contributed by atoms with Crippen molar-refractivity contribution >= 4 is 26.1 Å². The average Bonchev–Trinajstić information content (AvgIpc) is 3.25. The Kier molecular flexibility index (Phi) is 7.50. The van der Waals surface area contributed by atoms with Crippen LogP contribution in [0.25, 0.3) is 11.3 Å². The molecule has 0 bridgehead atoms. The van der Waals surface area contributed by atoms with E-state index >= 15 is 0 Å². The highest BCUT2D eigenvalue weighted by Gasteiger charge is 2.32. The Hall–Kier alpha value is -3.45. The molecule has 2 amide bonds. The molecular weight excluding hydrogens is 464 g/mol. The number of aromatic nitrogens is 3. The zero-order valence-corrected chi connectivity index (χ0v) is 22.1. The smallest absolute Gasteiger partial charge is 0.425 e. The summed E-state index contributed by atoms with van der Waals surface area (Å²) in [5.41, 5.74) is 4.08. The molecule has 3 rings (SSSR count). The van der Waals surface area contributed by atoms with Crippen molar-refractivity contribution in [3.63, 3.8) is 0 Å². The third-order valence-electron chi connectivity index (χ3n) is 5.28. The molecule has 2 N–H and O–H groups in total. The van der Waals surface area contributed by atoms with Crippen molar-refractivity contribution in [2.24, 2.45) is 0 Å². The molecule has 2 heterocycles. The summed E-state index contributed by atoms with van der Waals surface area (Å²) in [5.74, 6) is 2.96. The highest BCUT2D eigenvalue weighted by Crippen LogP contribution is 2.37. The number of anilines is 1. The first-order chi connectivity index (χ1) is 16.2. The second-order valence-electron chi connectivity index (χ2n) is 10.7. The van der Waals surface area contributed by atoms with E-state index in [0.717, 1.165) is 31.4 Å². The van der Waals surface area contributed by atoms with Gasteiger partial charge in [0.2, 0.25) is 5.56 Å². The van der Waals surface area contributed by atoms with Crippen molar-refractivity contribution in [2.45, 2.75) is 77.6 Å². The van der Waals surface area contributed by atoms with Crippen LogP contribution in [-0.2, 0) is 4.74 Å². The van der Waals surface area contributed by atoms with Crippen LogP contribution < -0.4 is 10.5 Å². The zero-order valence-electron chi connectivity index (χ0n) is 21.1. The first kappa shape index (κ1) is 26.2. The fraction of sp³-hybridized carbons (Fsp3) is 0.480. The maximum atomic E-state index is 12.8. The molecule has 1 fully saturated rings. The van der Waals surface area contributed by atoms with Crippen molar-refractivity contribution < 1.29 is 19.4 Å². The Morgan fingerprint density at radius 2 is 1.86 bits per heavy atom. The van der Waals surface area contributed by atoms with Gasteiger partial charge in [0.15, 0.2) is 11.5 Å². The van der Waals surface area contributed by atoms with Crippen LogP contribution in [0.3, 0.4) is 0 Å². The minimum Gasteiger partial charge on any atom is -0.464 e. The van der Waals surface area contributed by atoms with E-state index in [4.69, 9.17) is 4.74 Å². The van der Waals surface area contributed by atoms with Crippen molar-refractivity contribution in [1.29, 1.82) is 0 Å². The van der Waals surface area contributed by atoms with E-state index in [9.17, 15) is 19.5 Å². The predicted octanol–water partition coefficient (Wildman–Crippen LogP) is 5.14. The van der Waals surface area contributed by atoms with Crippen molar-refractivity contribution in [1.82, 2.24) is 15.0 Å². The Labute approximate surface area is 206 Å². The lowest BCUT2D eigenvalue weighted by Gasteiger charge is -2.24. The highest BCUT2D eigenvalue weighted by molar-refractivity contribution is 6.83. The number of H-pyrrole nitrogens is 1. The monoisotopic (exact) mass is 496 g/mol. The van der Waals surface area contributed by atoms with Gasteiger partial charge in [-0.3, -0.25) is 4.79 Å². The maximum absolute atomic E-state index is 12.8. The molecule has 0 aromatic carbocycles. The molecule has 0 spiro atoms. The normalized spacial score (nSPS) is 14.2. The molecule has 0 atom stereocenters. The van der Waals surface area contributed by atoms with E-state index in [-0.39, 0.29) is 23.0 Å².